The van der Waals surface area contributed by atoms with Gasteiger partial charge < -0.3 is 15.1 Å². The summed E-state index contributed by atoms with van der Waals surface area (Å²) in [5.74, 6) is -0.297. The largest absolute Gasteiger partial charge is 0.394 e. The Kier molecular flexibility index (Phi) is 3.88. The first-order valence-electron chi connectivity index (χ1n) is 6.40. The van der Waals surface area contributed by atoms with Crippen molar-refractivity contribution in [3.05, 3.63) is 29.1 Å². The van der Waals surface area contributed by atoms with Crippen molar-refractivity contribution in [2.45, 2.75) is 38.8 Å². The van der Waals surface area contributed by atoms with E-state index in [-0.39, 0.29) is 18.5 Å². The van der Waals surface area contributed by atoms with Gasteiger partial charge in [-0.3, -0.25) is 0 Å². The number of nitrogens with zero attached hydrogens (tertiary/aromatic N) is 1. The SMILES string of the molecule is Cc1cc(N2CCCC2CO)c([C@@H](C)O)cc1F. The average molecular weight is 253 g/mol. The molecule has 100 valence electrons. The molecule has 1 aromatic carbocycles. The summed E-state index contributed by atoms with van der Waals surface area (Å²) in [5.41, 5.74) is 2.01. The number of rotatable bonds is 3. The number of hydrogen-bond acceptors (Lipinski definition) is 3. The summed E-state index contributed by atoms with van der Waals surface area (Å²) in [6.45, 7) is 4.29. The van der Waals surface area contributed by atoms with Gasteiger partial charge in [0, 0.05) is 17.8 Å². The van der Waals surface area contributed by atoms with E-state index in [1.807, 2.05) is 0 Å². The summed E-state index contributed by atoms with van der Waals surface area (Å²) >= 11 is 0. The van der Waals surface area contributed by atoms with E-state index in [4.69, 9.17) is 0 Å². The van der Waals surface area contributed by atoms with Crippen LogP contribution >= 0.6 is 0 Å². The molecule has 1 aliphatic rings. The first kappa shape index (κ1) is 13.3. The third kappa shape index (κ3) is 2.35. The molecule has 0 radical (unpaired) electrons. The van der Waals surface area contributed by atoms with Crippen molar-refractivity contribution in [3.63, 3.8) is 0 Å². The van der Waals surface area contributed by atoms with Gasteiger partial charge in [0.15, 0.2) is 0 Å². The zero-order valence-electron chi connectivity index (χ0n) is 10.9. The lowest BCUT2D eigenvalue weighted by Gasteiger charge is -2.29. The minimum absolute atomic E-state index is 0.0763. The molecule has 0 aromatic heterocycles. The lowest BCUT2D eigenvalue weighted by atomic mass is 10.0. The molecule has 1 unspecified atom stereocenters. The Morgan fingerprint density at radius 2 is 2.22 bits per heavy atom. The van der Waals surface area contributed by atoms with E-state index in [1.165, 1.54) is 6.07 Å². The number of aliphatic hydroxyl groups is 2. The van der Waals surface area contributed by atoms with Crippen molar-refractivity contribution in [1.29, 1.82) is 0 Å². The van der Waals surface area contributed by atoms with Gasteiger partial charge in [0.1, 0.15) is 5.82 Å². The number of hydrogen-bond donors (Lipinski definition) is 2. The average Bonchev–Trinajstić information content (AvgIpc) is 2.79. The number of anilines is 1. The number of aliphatic hydroxyl groups excluding tert-OH is 2. The van der Waals surface area contributed by atoms with Crippen LogP contribution in [0.2, 0.25) is 0 Å². The van der Waals surface area contributed by atoms with E-state index in [0.29, 0.717) is 11.1 Å². The summed E-state index contributed by atoms with van der Waals surface area (Å²) in [4.78, 5) is 2.08. The highest BCUT2D eigenvalue weighted by molar-refractivity contribution is 5.58. The molecule has 1 heterocycles. The molecular weight excluding hydrogens is 233 g/mol. The normalized spacial score (nSPS) is 21.4. The van der Waals surface area contributed by atoms with Crippen molar-refractivity contribution in [2.75, 3.05) is 18.1 Å². The summed E-state index contributed by atoms with van der Waals surface area (Å²) in [6.07, 6.45) is 1.24. The molecule has 0 aliphatic carbocycles. The smallest absolute Gasteiger partial charge is 0.126 e. The highest BCUT2D eigenvalue weighted by Crippen LogP contribution is 2.33. The maximum Gasteiger partial charge on any atom is 0.126 e. The van der Waals surface area contributed by atoms with Crippen molar-refractivity contribution in [1.82, 2.24) is 0 Å². The first-order chi connectivity index (χ1) is 8.54. The minimum atomic E-state index is -0.713. The summed E-state index contributed by atoms with van der Waals surface area (Å²) in [6, 6.07) is 3.25. The molecule has 2 N–H and O–H groups in total. The van der Waals surface area contributed by atoms with Gasteiger partial charge in [-0.2, -0.15) is 0 Å². The fourth-order valence-corrected chi connectivity index (χ4v) is 2.61. The zero-order valence-corrected chi connectivity index (χ0v) is 10.9. The molecule has 2 atom stereocenters. The Hall–Kier alpha value is -1.13. The fourth-order valence-electron chi connectivity index (χ4n) is 2.61. The van der Waals surface area contributed by atoms with Crippen molar-refractivity contribution >= 4 is 5.69 Å². The molecular formula is C14H20FNO2. The minimum Gasteiger partial charge on any atom is -0.394 e. The molecule has 18 heavy (non-hydrogen) atoms. The van der Waals surface area contributed by atoms with E-state index in [0.717, 1.165) is 25.1 Å². The third-order valence-corrected chi connectivity index (χ3v) is 3.66. The molecule has 4 heteroatoms. The molecule has 1 aliphatic heterocycles. The van der Waals surface area contributed by atoms with Gasteiger partial charge in [-0.1, -0.05) is 0 Å². The van der Waals surface area contributed by atoms with Crippen LogP contribution in [0.3, 0.4) is 0 Å². The van der Waals surface area contributed by atoms with Gasteiger partial charge >= 0.3 is 0 Å². The van der Waals surface area contributed by atoms with Crippen LogP contribution in [-0.2, 0) is 0 Å². The summed E-state index contributed by atoms with van der Waals surface area (Å²) in [5, 5.41) is 19.2. The van der Waals surface area contributed by atoms with Gasteiger partial charge in [-0.25, -0.2) is 4.39 Å². The van der Waals surface area contributed by atoms with Crippen molar-refractivity contribution < 1.29 is 14.6 Å². The van der Waals surface area contributed by atoms with E-state index >= 15 is 0 Å². The monoisotopic (exact) mass is 253 g/mol. The van der Waals surface area contributed by atoms with Gasteiger partial charge in [-0.15, -0.1) is 0 Å². The van der Waals surface area contributed by atoms with Crippen LogP contribution in [0.5, 0.6) is 0 Å². The molecule has 0 amide bonds. The molecule has 2 rings (SSSR count). The molecule has 1 aromatic rings. The van der Waals surface area contributed by atoms with Crippen LogP contribution in [0, 0.1) is 12.7 Å². The molecule has 0 bridgehead atoms. The van der Waals surface area contributed by atoms with Gasteiger partial charge in [-0.05, 0) is 44.4 Å². The molecule has 1 saturated heterocycles. The van der Waals surface area contributed by atoms with Crippen molar-refractivity contribution in [3.8, 4) is 0 Å². The Bertz CT molecular complexity index is 434. The second kappa shape index (κ2) is 5.24. The van der Waals surface area contributed by atoms with E-state index in [2.05, 4.69) is 4.90 Å². The molecule has 1 fully saturated rings. The number of aryl methyl sites for hydroxylation is 1. The van der Waals surface area contributed by atoms with Gasteiger partial charge in [0.2, 0.25) is 0 Å². The molecule has 0 spiro atoms. The number of benzene rings is 1. The molecule has 0 saturated carbocycles. The van der Waals surface area contributed by atoms with Crippen LogP contribution in [0.1, 0.15) is 37.0 Å². The Labute approximate surface area is 107 Å². The predicted octanol–water partition coefficient (Wildman–Crippen LogP) is 2.15. The highest BCUT2D eigenvalue weighted by atomic mass is 19.1. The molecule has 3 nitrogen and oxygen atoms in total. The van der Waals surface area contributed by atoms with E-state index < -0.39 is 6.10 Å². The number of halogens is 1. The maximum atomic E-state index is 13.6. The van der Waals surface area contributed by atoms with Crippen LogP contribution in [0.15, 0.2) is 12.1 Å². The second-order valence-corrected chi connectivity index (χ2v) is 5.01. The van der Waals surface area contributed by atoms with E-state index in [1.54, 1.807) is 19.9 Å². The van der Waals surface area contributed by atoms with Gasteiger partial charge in [0.25, 0.3) is 0 Å². The first-order valence-corrected chi connectivity index (χ1v) is 6.40. The van der Waals surface area contributed by atoms with E-state index in [9.17, 15) is 14.6 Å². The van der Waals surface area contributed by atoms with Crippen LogP contribution < -0.4 is 4.90 Å². The third-order valence-electron chi connectivity index (χ3n) is 3.66. The summed E-state index contributed by atoms with van der Waals surface area (Å²) < 4.78 is 13.6. The van der Waals surface area contributed by atoms with Crippen LogP contribution in [0.25, 0.3) is 0 Å². The Balaban J connectivity index is 2.45. The highest BCUT2D eigenvalue weighted by Gasteiger charge is 2.27. The zero-order chi connectivity index (χ0) is 13.3. The van der Waals surface area contributed by atoms with Gasteiger partial charge in [0.05, 0.1) is 18.8 Å². The topological polar surface area (TPSA) is 43.7 Å². The van der Waals surface area contributed by atoms with Crippen molar-refractivity contribution in [2.24, 2.45) is 0 Å². The Morgan fingerprint density at radius 3 is 2.83 bits per heavy atom. The summed E-state index contributed by atoms with van der Waals surface area (Å²) in [7, 11) is 0. The lowest BCUT2D eigenvalue weighted by Crippen LogP contribution is -2.33. The quantitative estimate of drug-likeness (QED) is 0.867. The predicted molar refractivity (Wildman–Crippen MR) is 69.2 cm³/mol. The lowest BCUT2D eigenvalue weighted by molar-refractivity contribution is 0.198. The fraction of sp³-hybridized carbons (Fsp3) is 0.571. The second-order valence-electron chi connectivity index (χ2n) is 5.01. The van der Waals surface area contributed by atoms with Crippen LogP contribution in [0.4, 0.5) is 10.1 Å². The Morgan fingerprint density at radius 1 is 1.50 bits per heavy atom. The standard InChI is InChI=1S/C14H20FNO2/c1-9-6-14(12(10(2)18)7-13(9)15)16-5-3-4-11(16)8-17/h6-7,10-11,17-18H,3-5,8H2,1-2H3/t10-,11?/m1/s1. The van der Waals surface area contributed by atoms with Crippen LogP contribution in [-0.4, -0.2) is 29.4 Å². The maximum absolute atomic E-state index is 13.6.